The monoisotopic (exact) mass is 437 g/mol. The number of hydrogen-bond acceptors (Lipinski definition) is 4. The van der Waals surface area contributed by atoms with Crippen LogP contribution in [0.1, 0.15) is 47.8 Å². The van der Waals surface area contributed by atoms with E-state index in [1.165, 1.54) is 13.2 Å². The van der Waals surface area contributed by atoms with Gasteiger partial charge in [0.05, 0.1) is 12.0 Å². The van der Waals surface area contributed by atoms with Crippen LogP contribution in [0.15, 0.2) is 71.6 Å². The van der Waals surface area contributed by atoms with Crippen LogP contribution in [0, 0.1) is 6.92 Å². The molecule has 0 unspecified atom stereocenters. The number of ether oxygens (including phenoxy) is 1. The van der Waals surface area contributed by atoms with Gasteiger partial charge in [-0.2, -0.15) is 0 Å². The van der Waals surface area contributed by atoms with Gasteiger partial charge in [-0.25, -0.2) is 8.42 Å². The van der Waals surface area contributed by atoms with Gasteiger partial charge in [-0.15, -0.1) is 0 Å². The van der Waals surface area contributed by atoms with Crippen molar-refractivity contribution in [2.24, 2.45) is 0 Å². The molecule has 0 fully saturated rings. The second-order valence-electron chi connectivity index (χ2n) is 8.47. The summed E-state index contributed by atoms with van der Waals surface area (Å²) in [7, 11) is -2.27. The standard InChI is InChI=1S/C25H27NO4S/c1-17-15-22(13-14-23(17)30-5)31(28,29)26-21-8-6-7-19(16-21)24(27)18-9-11-20(12-10-18)25(2,3)4/h6-16,26H,1-5H3. The summed E-state index contributed by atoms with van der Waals surface area (Å²) in [6.45, 7) is 8.12. The molecule has 0 aromatic heterocycles. The second kappa shape index (κ2) is 8.55. The van der Waals surface area contributed by atoms with E-state index in [0.29, 0.717) is 28.1 Å². The number of carbonyl (C=O) groups is 1. The van der Waals surface area contributed by atoms with Gasteiger partial charge in [-0.05, 0) is 53.8 Å². The minimum Gasteiger partial charge on any atom is -0.496 e. The summed E-state index contributed by atoms with van der Waals surface area (Å²) < 4.78 is 33.3. The van der Waals surface area contributed by atoms with Crippen LogP contribution in [-0.2, 0) is 15.4 Å². The predicted octanol–water partition coefficient (Wildman–Crippen LogP) is 5.33. The molecule has 162 valence electrons. The van der Waals surface area contributed by atoms with Gasteiger partial charge in [-0.3, -0.25) is 9.52 Å². The Morgan fingerprint density at radius 3 is 2.16 bits per heavy atom. The summed E-state index contributed by atoms with van der Waals surface area (Å²) in [5, 5.41) is 0. The Balaban J connectivity index is 1.84. The number of benzene rings is 3. The fourth-order valence-corrected chi connectivity index (χ4v) is 4.38. The molecule has 31 heavy (non-hydrogen) atoms. The number of hydrogen-bond donors (Lipinski definition) is 1. The normalized spacial score (nSPS) is 11.8. The van der Waals surface area contributed by atoms with Crippen molar-refractivity contribution < 1.29 is 17.9 Å². The number of rotatable bonds is 6. The maximum absolute atomic E-state index is 12.9. The Kier molecular flexibility index (Phi) is 6.23. The quantitative estimate of drug-likeness (QED) is 0.529. The highest BCUT2D eigenvalue weighted by Gasteiger charge is 2.18. The number of anilines is 1. The Morgan fingerprint density at radius 1 is 0.903 bits per heavy atom. The fraction of sp³-hybridized carbons (Fsp3) is 0.240. The molecule has 0 spiro atoms. The maximum Gasteiger partial charge on any atom is 0.261 e. The maximum atomic E-state index is 12.9. The lowest BCUT2D eigenvalue weighted by molar-refractivity contribution is 0.103. The van der Waals surface area contributed by atoms with Gasteiger partial charge in [0.25, 0.3) is 10.0 Å². The minimum absolute atomic E-state index is 0.000413. The third-order valence-electron chi connectivity index (χ3n) is 5.07. The molecule has 0 bridgehead atoms. The highest BCUT2D eigenvalue weighted by Crippen LogP contribution is 2.25. The first-order valence-corrected chi connectivity index (χ1v) is 11.4. The molecule has 0 radical (unpaired) electrons. The molecule has 0 saturated heterocycles. The smallest absolute Gasteiger partial charge is 0.261 e. The highest BCUT2D eigenvalue weighted by atomic mass is 32.2. The number of ketones is 1. The van der Waals surface area contributed by atoms with Crippen molar-refractivity contribution in [2.45, 2.75) is 38.0 Å². The van der Waals surface area contributed by atoms with E-state index in [9.17, 15) is 13.2 Å². The van der Waals surface area contributed by atoms with Gasteiger partial charge < -0.3 is 4.74 Å². The summed E-state index contributed by atoms with van der Waals surface area (Å²) in [5.41, 5.74) is 3.15. The van der Waals surface area contributed by atoms with Crippen molar-refractivity contribution in [1.29, 1.82) is 0 Å². The molecule has 0 aliphatic carbocycles. The first-order valence-electron chi connectivity index (χ1n) is 9.94. The fourth-order valence-electron chi connectivity index (χ4n) is 3.24. The van der Waals surface area contributed by atoms with E-state index in [0.717, 1.165) is 5.56 Å². The zero-order valence-corrected chi connectivity index (χ0v) is 19.2. The highest BCUT2D eigenvalue weighted by molar-refractivity contribution is 7.92. The largest absolute Gasteiger partial charge is 0.496 e. The van der Waals surface area contributed by atoms with Gasteiger partial charge in [0.1, 0.15) is 5.75 Å². The predicted molar refractivity (Wildman–Crippen MR) is 124 cm³/mol. The summed E-state index contributed by atoms with van der Waals surface area (Å²) in [6.07, 6.45) is 0. The lowest BCUT2D eigenvalue weighted by atomic mass is 9.86. The summed E-state index contributed by atoms with van der Waals surface area (Å²) >= 11 is 0. The second-order valence-corrected chi connectivity index (χ2v) is 10.2. The van der Waals surface area contributed by atoms with Crippen molar-refractivity contribution in [3.63, 3.8) is 0 Å². The van der Waals surface area contributed by atoms with Gasteiger partial charge in [0.2, 0.25) is 0 Å². The van der Waals surface area contributed by atoms with Gasteiger partial charge in [0, 0.05) is 16.8 Å². The van der Waals surface area contributed by atoms with Gasteiger partial charge in [0.15, 0.2) is 5.78 Å². The van der Waals surface area contributed by atoms with E-state index < -0.39 is 10.0 Å². The molecule has 0 aliphatic rings. The van der Waals surface area contributed by atoms with E-state index in [1.807, 2.05) is 12.1 Å². The first-order chi connectivity index (χ1) is 14.5. The molecule has 0 amide bonds. The molecule has 0 atom stereocenters. The molecule has 0 aliphatic heterocycles. The Bertz CT molecular complexity index is 1210. The molecule has 3 rings (SSSR count). The van der Waals surface area contributed by atoms with E-state index in [4.69, 9.17) is 4.74 Å². The topological polar surface area (TPSA) is 72.5 Å². The summed E-state index contributed by atoms with van der Waals surface area (Å²) in [6, 6.07) is 18.7. The number of carbonyl (C=O) groups excluding carboxylic acids is 1. The molecular formula is C25H27NO4S. The van der Waals surface area contributed by atoms with Gasteiger partial charge >= 0.3 is 0 Å². The van der Waals surface area contributed by atoms with Crippen LogP contribution in [0.3, 0.4) is 0 Å². The van der Waals surface area contributed by atoms with Crippen LogP contribution in [0.5, 0.6) is 5.75 Å². The van der Waals surface area contributed by atoms with Crippen LogP contribution >= 0.6 is 0 Å². The van der Waals surface area contributed by atoms with Crippen molar-refractivity contribution in [1.82, 2.24) is 0 Å². The average Bonchev–Trinajstić information content (AvgIpc) is 2.72. The van der Waals surface area contributed by atoms with Crippen molar-refractivity contribution in [3.05, 3.63) is 89.0 Å². The van der Waals surface area contributed by atoms with Gasteiger partial charge in [-0.1, -0.05) is 57.2 Å². The number of aryl methyl sites for hydroxylation is 1. The summed E-state index contributed by atoms with van der Waals surface area (Å²) in [4.78, 5) is 13.0. The number of methoxy groups -OCH3 is 1. The Morgan fingerprint density at radius 2 is 1.58 bits per heavy atom. The number of sulfonamides is 1. The van der Waals surface area contributed by atoms with Crippen molar-refractivity contribution in [2.75, 3.05) is 11.8 Å². The molecule has 3 aromatic carbocycles. The van der Waals surface area contributed by atoms with E-state index >= 15 is 0 Å². The third-order valence-corrected chi connectivity index (χ3v) is 6.45. The molecule has 5 nitrogen and oxygen atoms in total. The zero-order valence-electron chi connectivity index (χ0n) is 18.4. The van der Waals surface area contributed by atoms with Crippen LogP contribution in [0.2, 0.25) is 0 Å². The summed E-state index contributed by atoms with van der Waals surface area (Å²) in [5.74, 6) is 0.450. The SMILES string of the molecule is COc1ccc(S(=O)(=O)Nc2cccc(C(=O)c3ccc(C(C)(C)C)cc3)c2)cc1C. The molecule has 0 saturated carbocycles. The zero-order chi connectivity index (χ0) is 22.8. The lowest BCUT2D eigenvalue weighted by Crippen LogP contribution is -2.14. The van der Waals surface area contributed by atoms with Crippen LogP contribution in [0.4, 0.5) is 5.69 Å². The van der Waals surface area contributed by atoms with Crippen molar-refractivity contribution in [3.8, 4) is 5.75 Å². The average molecular weight is 438 g/mol. The van der Waals surface area contributed by atoms with E-state index in [-0.39, 0.29) is 16.1 Å². The molecule has 3 aromatic rings. The van der Waals surface area contributed by atoms with Crippen LogP contribution in [-0.4, -0.2) is 21.3 Å². The first kappa shape index (κ1) is 22.6. The van der Waals surface area contributed by atoms with Crippen LogP contribution in [0.25, 0.3) is 0 Å². The molecular weight excluding hydrogens is 410 g/mol. The molecule has 0 heterocycles. The number of nitrogens with one attached hydrogen (secondary N) is 1. The van der Waals surface area contributed by atoms with Crippen LogP contribution < -0.4 is 9.46 Å². The molecule has 6 heteroatoms. The lowest BCUT2D eigenvalue weighted by Gasteiger charge is -2.19. The Labute approximate surface area is 184 Å². The Hall–Kier alpha value is -3.12. The molecule has 1 N–H and O–H groups in total. The van der Waals surface area contributed by atoms with Crippen molar-refractivity contribution >= 4 is 21.5 Å². The third kappa shape index (κ3) is 5.14. The van der Waals surface area contributed by atoms with E-state index in [2.05, 4.69) is 25.5 Å². The van der Waals surface area contributed by atoms with E-state index in [1.54, 1.807) is 55.5 Å². The minimum atomic E-state index is -3.81.